The first-order valence-electron chi connectivity index (χ1n) is 14.4. The molecule has 2 fully saturated rings. The monoisotopic (exact) mass is 565 g/mol. The molecule has 2 aromatic rings. The van der Waals surface area contributed by atoms with Crippen LogP contribution in [0.3, 0.4) is 0 Å². The van der Waals surface area contributed by atoms with E-state index >= 15 is 0 Å². The lowest BCUT2D eigenvalue weighted by Crippen LogP contribution is -2.50. The predicted octanol–water partition coefficient (Wildman–Crippen LogP) is 3.26. The molecule has 0 saturated carbocycles. The Labute approximate surface area is 240 Å². The van der Waals surface area contributed by atoms with Crippen molar-refractivity contribution < 1.29 is 29.0 Å². The van der Waals surface area contributed by atoms with Gasteiger partial charge in [-0.15, -0.1) is 0 Å². The topological polar surface area (TPSA) is 116 Å². The first-order chi connectivity index (χ1) is 19.9. The van der Waals surface area contributed by atoms with Crippen LogP contribution in [0.1, 0.15) is 44.1 Å². The Kier molecular flexibility index (Phi) is 8.92. The van der Waals surface area contributed by atoms with Crippen molar-refractivity contribution >= 4 is 23.6 Å². The summed E-state index contributed by atoms with van der Waals surface area (Å²) in [5.74, 6) is -0.893. The van der Waals surface area contributed by atoms with Crippen LogP contribution in [0.15, 0.2) is 42.7 Å². The van der Waals surface area contributed by atoms with E-state index in [0.29, 0.717) is 50.6 Å². The molecule has 1 aromatic heterocycles. The lowest BCUT2D eigenvalue weighted by Gasteiger charge is -2.35. The third-order valence-corrected chi connectivity index (χ3v) is 8.40. The van der Waals surface area contributed by atoms with Gasteiger partial charge in [0.2, 0.25) is 12.7 Å². The van der Waals surface area contributed by atoms with Crippen LogP contribution in [0.4, 0.5) is 10.5 Å². The number of carbonyl (C=O) groups excluding carboxylic acids is 2. The molecule has 3 amide bonds. The van der Waals surface area contributed by atoms with Gasteiger partial charge in [0.15, 0.2) is 11.5 Å². The van der Waals surface area contributed by atoms with E-state index in [0.717, 1.165) is 30.5 Å². The molecule has 4 heterocycles. The van der Waals surface area contributed by atoms with E-state index in [1.54, 1.807) is 34.1 Å². The molecule has 0 aliphatic carbocycles. The van der Waals surface area contributed by atoms with Crippen molar-refractivity contribution in [2.24, 2.45) is 5.92 Å². The Balaban J connectivity index is 1.42. The molecule has 220 valence electrons. The van der Waals surface area contributed by atoms with Crippen LogP contribution >= 0.6 is 0 Å². The van der Waals surface area contributed by atoms with E-state index in [1.807, 2.05) is 35.2 Å². The number of anilines is 1. The van der Waals surface area contributed by atoms with Gasteiger partial charge in [0.05, 0.1) is 24.3 Å². The number of pyridine rings is 1. The smallest absolute Gasteiger partial charge is 0.319 e. The van der Waals surface area contributed by atoms with Crippen molar-refractivity contribution in [3.63, 3.8) is 0 Å². The average Bonchev–Trinajstić information content (AvgIpc) is 3.59. The van der Waals surface area contributed by atoms with Crippen LogP contribution in [0.25, 0.3) is 0 Å². The summed E-state index contributed by atoms with van der Waals surface area (Å²) < 4.78 is 11.0. The molecule has 1 N–H and O–H groups in total. The van der Waals surface area contributed by atoms with Crippen LogP contribution in [0, 0.1) is 5.92 Å². The number of urea groups is 1. The first kappa shape index (κ1) is 28.7. The van der Waals surface area contributed by atoms with E-state index in [4.69, 9.17) is 9.47 Å². The number of rotatable bonds is 11. The second kappa shape index (κ2) is 12.8. The molecule has 11 heteroatoms. The standard InChI is InChI=1S/C30H39N5O6/c1-3-4-14-35(22-7-5-11-31-17-22)27(36)19-34-18-23(21-8-9-25-26(16-21)41-20-40-25)28(29(37)38)24(34)10-15-33-13-6-12-32(2)30(33)39/h5,7-9,11,16-17,23-24,28H,3-4,6,10,12-15,18-20H2,1-2H3,(H,37,38)/t23-,24+,28?/m1/s1. The van der Waals surface area contributed by atoms with E-state index in [2.05, 4.69) is 11.9 Å². The molecule has 1 unspecified atom stereocenters. The van der Waals surface area contributed by atoms with Gasteiger partial charge in [0, 0.05) is 57.9 Å². The van der Waals surface area contributed by atoms with Crippen LogP contribution in [-0.2, 0) is 9.59 Å². The number of carboxylic acids is 1. The van der Waals surface area contributed by atoms with Crippen molar-refractivity contribution in [2.45, 2.75) is 44.6 Å². The number of benzene rings is 1. The third-order valence-electron chi connectivity index (χ3n) is 8.40. The Morgan fingerprint density at radius 1 is 1.17 bits per heavy atom. The summed E-state index contributed by atoms with van der Waals surface area (Å²) in [6.45, 7) is 5.03. The maximum Gasteiger partial charge on any atom is 0.319 e. The van der Waals surface area contributed by atoms with Crippen LogP contribution in [0.5, 0.6) is 11.5 Å². The number of fused-ring (bicyclic) bond motifs is 1. The normalized spacial score (nSPS) is 22.3. The second-order valence-corrected chi connectivity index (χ2v) is 11.0. The second-order valence-electron chi connectivity index (χ2n) is 11.0. The van der Waals surface area contributed by atoms with Gasteiger partial charge in [0.1, 0.15) is 0 Å². The number of hydrogen-bond acceptors (Lipinski definition) is 7. The zero-order valence-corrected chi connectivity index (χ0v) is 23.8. The van der Waals surface area contributed by atoms with Gasteiger partial charge in [-0.3, -0.25) is 19.5 Å². The fraction of sp³-hybridized carbons (Fsp3) is 0.533. The molecule has 41 heavy (non-hydrogen) atoms. The Bertz CT molecular complexity index is 1240. The van der Waals surface area contributed by atoms with Gasteiger partial charge in [-0.05, 0) is 49.1 Å². The first-order valence-corrected chi connectivity index (χ1v) is 14.4. The molecule has 0 bridgehead atoms. The summed E-state index contributed by atoms with van der Waals surface area (Å²) in [4.78, 5) is 50.9. The number of ether oxygens (including phenoxy) is 2. The Hall–Kier alpha value is -3.86. The highest BCUT2D eigenvalue weighted by Crippen LogP contribution is 2.43. The number of hydrogen-bond donors (Lipinski definition) is 1. The number of carboxylic acid groups (broad SMARTS) is 1. The highest BCUT2D eigenvalue weighted by atomic mass is 16.7. The lowest BCUT2D eigenvalue weighted by atomic mass is 9.84. The van der Waals surface area contributed by atoms with Crippen molar-refractivity contribution in [3.8, 4) is 11.5 Å². The van der Waals surface area contributed by atoms with E-state index in [-0.39, 0.29) is 31.2 Å². The Morgan fingerprint density at radius 3 is 2.76 bits per heavy atom. The van der Waals surface area contributed by atoms with E-state index < -0.39 is 17.9 Å². The van der Waals surface area contributed by atoms with Crippen molar-refractivity contribution in [2.75, 3.05) is 58.0 Å². The highest BCUT2D eigenvalue weighted by molar-refractivity contribution is 5.94. The molecule has 1 aromatic carbocycles. The number of aromatic nitrogens is 1. The molecular weight excluding hydrogens is 526 g/mol. The van der Waals surface area contributed by atoms with Gasteiger partial charge in [0.25, 0.3) is 0 Å². The number of amides is 3. The number of nitrogens with zero attached hydrogens (tertiary/aromatic N) is 5. The third kappa shape index (κ3) is 6.24. The molecule has 5 rings (SSSR count). The minimum atomic E-state index is -0.912. The SMILES string of the molecule is CCCCN(C(=O)CN1C[C@H](c2ccc3c(c2)OCO3)C(C(=O)O)[C@@H]1CCN1CCCN(C)C1=O)c1cccnc1. The number of aliphatic carboxylic acids is 1. The predicted molar refractivity (Wildman–Crippen MR) is 152 cm³/mol. The van der Waals surface area contributed by atoms with E-state index in [9.17, 15) is 19.5 Å². The van der Waals surface area contributed by atoms with Gasteiger partial charge in [-0.2, -0.15) is 0 Å². The van der Waals surface area contributed by atoms with Gasteiger partial charge >= 0.3 is 12.0 Å². The summed E-state index contributed by atoms with van der Waals surface area (Å²) in [5.41, 5.74) is 1.57. The largest absolute Gasteiger partial charge is 0.481 e. The summed E-state index contributed by atoms with van der Waals surface area (Å²) in [6, 6.07) is 8.77. The highest BCUT2D eigenvalue weighted by Gasteiger charge is 2.47. The van der Waals surface area contributed by atoms with Gasteiger partial charge < -0.3 is 29.3 Å². The molecular formula is C30H39N5O6. The van der Waals surface area contributed by atoms with E-state index in [1.165, 1.54) is 0 Å². The fourth-order valence-electron chi connectivity index (χ4n) is 6.25. The zero-order valence-electron chi connectivity index (χ0n) is 23.8. The van der Waals surface area contributed by atoms with Gasteiger partial charge in [-0.25, -0.2) is 4.79 Å². The minimum Gasteiger partial charge on any atom is -0.481 e. The maximum atomic E-state index is 13.8. The molecule has 11 nitrogen and oxygen atoms in total. The summed E-state index contributed by atoms with van der Waals surface area (Å²) in [6.07, 6.45) is 6.45. The fourth-order valence-corrected chi connectivity index (χ4v) is 6.25. The summed E-state index contributed by atoms with van der Waals surface area (Å²) >= 11 is 0. The molecule has 3 aliphatic heterocycles. The number of likely N-dealkylation sites (tertiary alicyclic amines) is 1. The summed E-state index contributed by atoms with van der Waals surface area (Å²) in [7, 11) is 1.79. The average molecular weight is 566 g/mol. The van der Waals surface area contributed by atoms with Gasteiger partial charge in [-0.1, -0.05) is 19.4 Å². The molecule has 3 aliphatic rings. The number of carbonyl (C=O) groups is 3. The molecule has 3 atom stereocenters. The van der Waals surface area contributed by atoms with Crippen LogP contribution in [-0.4, -0.2) is 102 Å². The summed E-state index contributed by atoms with van der Waals surface area (Å²) in [5, 5.41) is 10.5. The van der Waals surface area contributed by atoms with Crippen LogP contribution < -0.4 is 14.4 Å². The molecule has 0 radical (unpaired) electrons. The molecule has 2 saturated heterocycles. The Morgan fingerprint density at radius 2 is 2.00 bits per heavy atom. The minimum absolute atomic E-state index is 0.0432. The molecule has 0 spiro atoms. The lowest BCUT2D eigenvalue weighted by molar-refractivity contribution is -0.143. The zero-order chi connectivity index (χ0) is 28.9. The quantitative estimate of drug-likeness (QED) is 0.442. The van der Waals surface area contributed by atoms with Crippen LogP contribution in [0.2, 0.25) is 0 Å². The maximum absolute atomic E-state index is 13.8. The number of unbranched alkanes of at least 4 members (excludes halogenated alkanes) is 1. The van der Waals surface area contributed by atoms with Crippen molar-refractivity contribution in [1.82, 2.24) is 19.7 Å². The van der Waals surface area contributed by atoms with Crippen molar-refractivity contribution in [1.29, 1.82) is 0 Å². The van der Waals surface area contributed by atoms with Crippen molar-refractivity contribution in [3.05, 3.63) is 48.3 Å².